The maximum atomic E-state index is 9.50. The van der Waals surface area contributed by atoms with Crippen LogP contribution in [0.4, 0.5) is 10.7 Å². The van der Waals surface area contributed by atoms with Gasteiger partial charge in [-0.05, 0) is 48.4 Å². The van der Waals surface area contributed by atoms with Crippen LogP contribution in [-0.4, -0.2) is 20.3 Å². The van der Waals surface area contributed by atoms with E-state index in [0.29, 0.717) is 5.92 Å². The normalized spacial score (nSPS) is 17.0. The predicted octanol–water partition coefficient (Wildman–Crippen LogP) is 4.56. The Bertz CT molecular complexity index is 763. The van der Waals surface area contributed by atoms with Gasteiger partial charge < -0.3 is 4.90 Å². The van der Waals surface area contributed by atoms with Crippen molar-refractivity contribution >= 4 is 28.2 Å². The zero-order chi connectivity index (χ0) is 16.4. The van der Waals surface area contributed by atoms with Gasteiger partial charge in [-0.1, -0.05) is 19.1 Å². The summed E-state index contributed by atoms with van der Waals surface area (Å²) in [5.74, 6) is 0.711. The number of anilines is 1. The molecule has 1 atom stereocenters. The molecule has 1 aliphatic rings. The van der Waals surface area contributed by atoms with Crippen molar-refractivity contribution in [1.29, 1.82) is 5.26 Å². The maximum Gasteiger partial charge on any atom is 0.134 e. The molecule has 23 heavy (non-hydrogen) atoms. The Morgan fingerprint density at radius 2 is 2.04 bits per heavy atom. The van der Waals surface area contributed by atoms with Gasteiger partial charge in [0.25, 0.3) is 0 Å². The molecule has 1 aromatic heterocycles. The molecule has 0 aliphatic heterocycles. The van der Waals surface area contributed by atoms with Crippen molar-refractivity contribution in [3.05, 3.63) is 45.8 Å². The van der Waals surface area contributed by atoms with E-state index in [0.717, 1.165) is 29.0 Å². The zero-order valence-corrected chi connectivity index (χ0v) is 14.7. The minimum atomic E-state index is 0.711. The molecule has 1 heterocycles. The van der Waals surface area contributed by atoms with Gasteiger partial charge in [0.15, 0.2) is 0 Å². The lowest BCUT2D eigenvalue weighted by Gasteiger charge is -2.17. The number of nitrogens with zero attached hydrogens (tertiary/aromatic N) is 3. The van der Waals surface area contributed by atoms with Crippen molar-refractivity contribution in [2.45, 2.75) is 26.2 Å². The zero-order valence-electron chi connectivity index (χ0n) is 13.8. The molecule has 4 heteroatoms. The summed E-state index contributed by atoms with van der Waals surface area (Å²) in [4.78, 5) is 8.04. The quantitative estimate of drug-likeness (QED) is 0.777. The monoisotopic (exact) mass is 323 g/mol. The highest BCUT2D eigenvalue weighted by atomic mass is 32.1. The molecule has 0 unspecified atom stereocenters. The van der Waals surface area contributed by atoms with E-state index in [9.17, 15) is 5.26 Å². The summed E-state index contributed by atoms with van der Waals surface area (Å²) in [5.41, 5.74) is 4.25. The second-order valence-electron chi connectivity index (χ2n) is 6.39. The molecule has 118 valence electrons. The Labute approximate surface area is 141 Å². The highest BCUT2D eigenvalue weighted by Crippen LogP contribution is 2.40. The van der Waals surface area contributed by atoms with Gasteiger partial charge >= 0.3 is 0 Å². The Kier molecular flexibility index (Phi) is 4.49. The third-order valence-electron chi connectivity index (χ3n) is 4.35. The molecule has 0 saturated heterocycles. The fourth-order valence-corrected chi connectivity index (χ4v) is 4.24. The van der Waals surface area contributed by atoms with Gasteiger partial charge in [0.2, 0.25) is 0 Å². The van der Waals surface area contributed by atoms with E-state index in [1.165, 1.54) is 22.5 Å². The van der Waals surface area contributed by atoms with Gasteiger partial charge in [-0.3, -0.25) is 0 Å². The van der Waals surface area contributed by atoms with Crippen LogP contribution < -0.4 is 4.90 Å². The average molecular weight is 323 g/mol. The van der Waals surface area contributed by atoms with Gasteiger partial charge in [-0.2, -0.15) is 5.26 Å². The summed E-state index contributed by atoms with van der Waals surface area (Å²) in [6.07, 6.45) is 5.14. The Morgan fingerprint density at radius 3 is 2.70 bits per heavy atom. The van der Waals surface area contributed by atoms with E-state index < -0.39 is 0 Å². The second-order valence-corrected chi connectivity index (χ2v) is 7.47. The molecule has 3 nitrogen and oxygen atoms in total. The number of rotatable bonds is 3. The highest BCUT2D eigenvalue weighted by Gasteiger charge is 2.23. The van der Waals surface area contributed by atoms with Crippen LogP contribution in [-0.2, 0) is 12.8 Å². The number of hydrogen-bond donors (Lipinski definition) is 0. The third-order valence-corrected chi connectivity index (χ3v) is 5.51. The fraction of sp³-hybridized carbons (Fsp3) is 0.368. The van der Waals surface area contributed by atoms with Gasteiger partial charge in [-0.25, -0.2) is 4.99 Å². The topological polar surface area (TPSA) is 39.4 Å². The largest absolute Gasteiger partial charge is 0.378 e. The van der Waals surface area contributed by atoms with Crippen molar-refractivity contribution in [3.8, 4) is 6.07 Å². The molecule has 0 saturated carbocycles. The van der Waals surface area contributed by atoms with E-state index in [4.69, 9.17) is 0 Å². The molecule has 1 aliphatic carbocycles. The van der Waals surface area contributed by atoms with Gasteiger partial charge in [0.1, 0.15) is 11.1 Å². The SMILES string of the molecule is C[C@H]1CCc2c(sc(N=Cc3ccc(N(C)C)cc3)c2C#N)C1. The lowest BCUT2D eigenvalue weighted by Crippen LogP contribution is -2.09. The van der Waals surface area contributed by atoms with Crippen LogP contribution in [0, 0.1) is 17.2 Å². The molecule has 0 spiro atoms. The van der Waals surface area contributed by atoms with Crippen LogP contribution in [0.3, 0.4) is 0 Å². The summed E-state index contributed by atoms with van der Waals surface area (Å²) < 4.78 is 0. The lowest BCUT2D eigenvalue weighted by molar-refractivity contribution is 0.507. The number of nitriles is 1. The number of thiophene rings is 1. The smallest absolute Gasteiger partial charge is 0.134 e. The van der Waals surface area contributed by atoms with E-state index in [1.807, 2.05) is 20.3 Å². The molecule has 2 aromatic rings. The van der Waals surface area contributed by atoms with Crippen molar-refractivity contribution in [1.82, 2.24) is 0 Å². The minimum Gasteiger partial charge on any atom is -0.378 e. The van der Waals surface area contributed by atoms with Crippen LogP contribution in [0.2, 0.25) is 0 Å². The summed E-state index contributed by atoms with van der Waals surface area (Å²) in [6, 6.07) is 10.6. The summed E-state index contributed by atoms with van der Waals surface area (Å²) in [7, 11) is 4.05. The molecule has 1 aromatic carbocycles. The molecular weight excluding hydrogens is 302 g/mol. The van der Waals surface area contributed by atoms with E-state index in [1.54, 1.807) is 11.3 Å². The molecular formula is C19H21N3S. The van der Waals surface area contributed by atoms with Gasteiger partial charge in [-0.15, -0.1) is 11.3 Å². The van der Waals surface area contributed by atoms with Crippen molar-refractivity contribution < 1.29 is 0 Å². The van der Waals surface area contributed by atoms with E-state index in [2.05, 4.69) is 47.2 Å². The summed E-state index contributed by atoms with van der Waals surface area (Å²) in [6.45, 7) is 2.28. The van der Waals surface area contributed by atoms with E-state index >= 15 is 0 Å². The van der Waals surface area contributed by atoms with Crippen LogP contribution in [0.25, 0.3) is 0 Å². The predicted molar refractivity (Wildman–Crippen MR) is 98.2 cm³/mol. The fourth-order valence-electron chi connectivity index (χ4n) is 2.93. The molecule has 3 rings (SSSR count). The van der Waals surface area contributed by atoms with Crippen molar-refractivity contribution in [3.63, 3.8) is 0 Å². The number of fused-ring (bicyclic) bond motifs is 1. The van der Waals surface area contributed by atoms with Crippen LogP contribution >= 0.6 is 11.3 Å². The Morgan fingerprint density at radius 1 is 1.30 bits per heavy atom. The molecule has 0 fully saturated rings. The summed E-state index contributed by atoms with van der Waals surface area (Å²) in [5, 5.41) is 10.4. The molecule has 0 amide bonds. The van der Waals surface area contributed by atoms with Gasteiger partial charge in [0, 0.05) is 30.9 Å². The average Bonchev–Trinajstić information content (AvgIpc) is 2.89. The molecule has 0 bridgehead atoms. The van der Waals surface area contributed by atoms with Crippen LogP contribution in [0.1, 0.15) is 34.9 Å². The first kappa shape index (κ1) is 15.8. The van der Waals surface area contributed by atoms with Crippen LogP contribution in [0.15, 0.2) is 29.3 Å². The molecule has 0 radical (unpaired) electrons. The Hall–Kier alpha value is -2.12. The molecule has 0 N–H and O–H groups in total. The van der Waals surface area contributed by atoms with Crippen molar-refractivity contribution in [2.75, 3.05) is 19.0 Å². The first-order valence-corrected chi connectivity index (χ1v) is 8.76. The highest BCUT2D eigenvalue weighted by molar-refractivity contribution is 7.16. The first-order valence-electron chi connectivity index (χ1n) is 7.94. The maximum absolute atomic E-state index is 9.50. The third kappa shape index (κ3) is 3.30. The number of benzene rings is 1. The Balaban J connectivity index is 1.86. The second kappa shape index (κ2) is 6.55. The summed E-state index contributed by atoms with van der Waals surface area (Å²) >= 11 is 1.69. The number of hydrogen-bond acceptors (Lipinski definition) is 4. The lowest BCUT2D eigenvalue weighted by atomic mass is 9.89. The van der Waals surface area contributed by atoms with Crippen molar-refractivity contribution in [2.24, 2.45) is 10.9 Å². The first-order chi connectivity index (χ1) is 11.1. The number of aliphatic imine (C=N–C) groups is 1. The van der Waals surface area contributed by atoms with Crippen LogP contribution in [0.5, 0.6) is 0 Å². The standard InChI is InChI=1S/C19H21N3S/c1-13-4-9-16-17(11-20)19(23-18(16)10-13)21-12-14-5-7-15(8-6-14)22(2)3/h5-8,12-13H,4,9-10H2,1-3H3/t13-/m0/s1. The van der Waals surface area contributed by atoms with E-state index in [-0.39, 0.29) is 0 Å². The minimum absolute atomic E-state index is 0.711. The van der Waals surface area contributed by atoms with Gasteiger partial charge in [0.05, 0.1) is 5.56 Å².